The normalized spacial score (nSPS) is 10.5. The van der Waals surface area contributed by atoms with Gasteiger partial charge < -0.3 is 9.80 Å². The Morgan fingerprint density at radius 3 is 2.22 bits per heavy atom. The molecule has 0 unspecified atom stereocenters. The Balaban J connectivity index is 1.87. The maximum atomic E-state index is 13.1. The minimum Gasteiger partial charge on any atom is -0.355 e. The molecule has 5 heteroatoms. The van der Waals surface area contributed by atoms with Crippen LogP contribution in [0.4, 0.5) is 11.5 Å². The van der Waals surface area contributed by atoms with E-state index in [1.165, 1.54) is 5.56 Å². The zero-order valence-corrected chi connectivity index (χ0v) is 16.0. The second-order valence-corrected chi connectivity index (χ2v) is 6.39. The molecule has 0 bridgehead atoms. The van der Waals surface area contributed by atoms with E-state index in [1.807, 2.05) is 74.3 Å². The molecule has 0 atom stereocenters. The van der Waals surface area contributed by atoms with Crippen LogP contribution in [0.1, 0.15) is 28.8 Å². The fourth-order valence-electron chi connectivity index (χ4n) is 2.98. The number of hydrogen-bond donors (Lipinski definition) is 0. The van der Waals surface area contributed by atoms with Crippen molar-refractivity contribution in [3.8, 4) is 0 Å². The van der Waals surface area contributed by atoms with E-state index in [9.17, 15) is 4.79 Å². The number of benzene rings is 2. The SMILES string of the molecule is CCN(C(=O)c1cc(N(C)Cc2ccccc2)nc(C)n1)c1ccccc1. The van der Waals surface area contributed by atoms with E-state index in [0.717, 1.165) is 11.5 Å². The van der Waals surface area contributed by atoms with Gasteiger partial charge in [0, 0.05) is 31.9 Å². The van der Waals surface area contributed by atoms with Crippen LogP contribution in [0.25, 0.3) is 0 Å². The van der Waals surface area contributed by atoms with Crippen molar-refractivity contribution in [1.29, 1.82) is 0 Å². The molecule has 1 amide bonds. The summed E-state index contributed by atoms with van der Waals surface area (Å²) in [6.07, 6.45) is 0. The molecule has 5 nitrogen and oxygen atoms in total. The summed E-state index contributed by atoms with van der Waals surface area (Å²) in [6, 6.07) is 21.6. The monoisotopic (exact) mass is 360 g/mol. The molecule has 138 valence electrons. The number of anilines is 2. The van der Waals surface area contributed by atoms with Crippen molar-refractivity contribution in [2.75, 3.05) is 23.4 Å². The van der Waals surface area contributed by atoms with Crippen LogP contribution in [-0.2, 0) is 6.54 Å². The van der Waals surface area contributed by atoms with Crippen molar-refractivity contribution >= 4 is 17.4 Å². The van der Waals surface area contributed by atoms with Gasteiger partial charge >= 0.3 is 0 Å². The van der Waals surface area contributed by atoms with E-state index >= 15 is 0 Å². The van der Waals surface area contributed by atoms with Gasteiger partial charge in [-0.2, -0.15) is 0 Å². The summed E-state index contributed by atoms with van der Waals surface area (Å²) < 4.78 is 0. The lowest BCUT2D eigenvalue weighted by Crippen LogP contribution is -2.32. The first-order valence-electron chi connectivity index (χ1n) is 9.06. The van der Waals surface area contributed by atoms with Crippen LogP contribution in [0, 0.1) is 6.92 Å². The Hall–Kier alpha value is -3.21. The fourth-order valence-corrected chi connectivity index (χ4v) is 2.98. The van der Waals surface area contributed by atoms with Crippen molar-refractivity contribution in [3.05, 3.63) is 83.8 Å². The molecule has 0 saturated carbocycles. The van der Waals surface area contributed by atoms with Gasteiger partial charge in [0.2, 0.25) is 0 Å². The quantitative estimate of drug-likeness (QED) is 0.664. The Bertz CT molecular complexity index is 897. The molecule has 3 aromatic rings. The predicted molar refractivity (Wildman–Crippen MR) is 109 cm³/mol. The number of carbonyl (C=O) groups is 1. The minimum absolute atomic E-state index is 0.122. The summed E-state index contributed by atoms with van der Waals surface area (Å²) in [5.74, 6) is 1.20. The van der Waals surface area contributed by atoms with Crippen LogP contribution in [0.15, 0.2) is 66.7 Å². The van der Waals surface area contributed by atoms with Gasteiger partial charge in [-0.05, 0) is 31.5 Å². The second-order valence-electron chi connectivity index (χ2n) is 6.39. The lowest BCUT2D eigenvalue weighted by Gasteiger charge is -2.22. The van der Waals surface area contributed by atoms with Gasteiger partial charge in [0.15, 0.2) is 0 Å². The molecule has 0 aliphatic carbocycles. The molecular formula is C22H24N4O. The topological polar surface area (TPSA) is 49.3 Å². The van der Waals surface area contributed by atoms with Gasteiger partial charge in [0.05, 0.1) is 0 Å². The summed E-state index contributed by atoms with van der Waals surface area (Å²) in [4.78, 5) is 25.7. The van der Waals surface area contributed by atoms with Gasteiger partial charge in [-0.3, -0.25) is 4.79 Å². The van der Waals surface area contributed by atoms with Gasteiger partial charge in [0.25, 0.3) is 5.91 Å². The van der Waals surface area contributed by atoms with Crippen LogP contribution in [0.5, 0.6) is 0 Å². The first-order valence-corrected chi connectivity index (χ1v) is 9.06. The average molecular weight is 360 g/mol. The van der Waals surface area contributed by atoms with Crippen LogP contribution in [0.2, 0.25) is 0 Å². The summed E-state index contributed by atoms with van der Waals surface area (Å²) >= 11 is 0. The van der Waals surface area contributed by atoms with Crippen molar-refractivity contribution in [2.45, 2.75) is 20.4 Å². The third kappa shape index (κ3) is 4.50. The molecule has 27 heavy (non-hydrogen) atoms. The van der Waals surface area contributed by atoms with E-state index in [2.05, 4.69) is 22.1 Å². The summed E-state index contributed by atoms with van der Waals surface area (Å²) in [5.41, 5.74) is 2.45. The van der Waals surface area contributed by atoms with Crippen LogP contribution in [0.3, 0.4) is 0 Å². The molecule has 0 spiro atoms. The third-order valence-electron chi connectivity index (χ3n) is 4.33. The molecule has 0 fully saturated rings. The van der Waals surface area contributed by atoms with Crippen molar-refractivity contribution in [1.82, 2.24) is 9.97 Å². The van der Waals surface area contributed by atoms with Gasteiger partial charge in [-0.15, -0.1) is 0 Å². The first kappa shape index (κ1) is 18.6. The molecule has 3 rings (SSSR count). The smallest absolute Gasteiger partial charge is 0.277 e. The molecule has 0 radical (unpaired) electrons. The van der Waals surface area contributed by atoms with Crippen LogP contribution >= 0.6 is 0 Å². The summed E-state index contributed by atoms with van der Waals surface area (Å²) in [5, 5.41) is 0. The Labute approximate surface area is 160 Å². The summed E-state index contributed by atoms with van der Waals surface area (Å²) in [6.45, 7) is 5.05. The van der Waals surface area contributed by atoms with Crippen molar-refractivity contribution in [3.63, 3.8) is 0 Å². The highest BCUT2D eigenvalue weighted by molar-refractivity contribution is 6.05. The highest BCUT2D eigenvalue weighted by Gasteiger charge is 2.19. The van der Waals surface area contributed by atoms with Gasteiger partial charge in [0.1, 0.15) is 17.3 Å². The minimum atomic E-state index is -0.122. The number of amides is 1. The van der Waals surface area contributed by atoms with Crippen molar-refractivity contribution in [2.24, 2.45) is 0 Å². The Kier molecular flexibility index (Phi) is 5.81. The maximum absolute atomic E-state index is 13.1. The molecule has 2 aromatic carbocycles. The lowest BCUT2D eigenvalue weighted by atomic mass is 10.2. The highest BCUT2D eigenvalue weighted by atomic mass is 16.2. The molecule has 0 aliphatic rings. The third-order valence-corrected chi connectivity index (χ3v) is 4.33. The van der Waals surface area contributed by atoms with Crippen LogP contribution in [-0.4, -0.2) is 29.5 Å². The van der Waals surface area contributed by atoms with Crippen LogP contribution < -0.4 is 9.80 Å². The fraction of sp³-hybridized carbons (Fsp3) is 0.227. The zero-order chi connectivity index (χ0) is 19.2. The predicted octanol–water partition coefficient (Wildman–Crippen LogP) is 4.09. The Morgan fingerprint density at radius 2 is 1.59 bits per heavy atom. The zero-order valence-electron chi connectivity index (χ0n) is 16.0. The van der Waals surface area contributed by atoms with E-state index in [-0.39, 0.29) is 5.91 Å². The number of para-hydroxylation sites is 1. The Morgan fingerprint density at radius 1 is 0.963 bits per heavy atom. The molecule has 0 N–H and O–H groups in total. The largest absolute Gasteiger partial charge is 0.355 e. The molecule has 1 aromatic heterocycles. The van der Waals surface area contributed by atoms with Gasteiger partial charge in [-0.25, -0.2) is 9.97 Å². The van der Waals surface area contributed by atoms with E-state index in [4.69, 9.17) is 0 Å². The maximum Gasteiger partial charge on any atom is 0.277 e. The molecule has 0 aliphatic heterocycles. The number of rotatable bonds is 6. The average Bonchev–Trinajstić information content (AvgIpc) is 2.69. The van der Waals surface area contributed by atoms with E-state index in [0.29, 0.717) is 24.6 Å². The standard InChI is InChI=1S/C22H24N4O/c1-4-26(19-13-9-6-10-14-19)22(27)20-15-21(24-17(2)23-20)25(3)16-18-11-7-5-8-12-18/h5-15H,4,16H2,1-3H3. The van der Waals surface area contributed by atoms with E-state index in [1.54, 1.807) is 11.0 Å². The van der Waals surface area contributed by atoms with Gasteiger partial charge in [-0.1, -0.05) is 48.5 Å². The highest BCUT2D eigenvalue weighted by Crippen LogP contribution is 2.19. The molecular weight excluding hydrogens is 336 g/mol. The number of nitrogens with zero attached hydrogens (tertiary/aromatic N) is 4. The number of carbonyl (C=O) groups excluding carboxylic acids is 1. The van der Waals surface area contributed by atoms with Crippen molar-refractivity contribution < 1.29 is 4.79 Å². The number of aromatic nitrogens is 2. The summed E-state index contributed by atoms with van der Waals surface area (Å²) in [7, 11) is 1.97. The number of aryl methyl sites for hydroxylation is 1. The second kappa shape index (κ2) is 8.45. The lowest BCUT2D eigenvalue weighted by molar-refractivity contribution is 0.0983. The first-order chi connectivity index (χ1) is 13.1. The number of hydrogen-bond acceptors (Lipinski definition) is 4. The molecule has 1 heterocycles. The van der Waals surface area contributed by atoms with E-state index < -0.39 is 0 Å². The molecule has 0 saturated heterocycles.